The normalized spacial score (nSPS) is 11.3. The Bertz CT molecular complexity index is 870. The number of amides is 2. The van der Waals surface area contributed by atoms with Crippen LogP contribution in [0, 0.1) is 11.6 Å². The van der Waals surface area contributed by atoms with E-state index in [0.717, 1.165) is 0 Å². The molecule has 0 bridgehead atoms. The zero-order valence-corrected chi connectivity index (χ0v) is 12.7. The van der Waals surface area contributed by atoms with Crippen LogP contribution in [0.15, 0.2) is 24.4 Å². The van der Waals surface area contributed by atoms with Gasteiger partial charge in [-0.2, -0.15) is 13.2 Å². The Morgan fingerprint density at radius 1 is 1.16 bits per heavy atom. The van der Waals surface area contributed by atoms with Crippen molar-refractivity contribution in [3.05, 3.63) is 57.9 Å². The lowest BCUT2D eigenvalue weighted by Gasteiger charge is -2.12. The number of anilines is 1. The molecule has 0 unspecified atom stereocenters. The summed E-state index contributed by atoms with van der Waals surface area (Å²) < 4.78 is 64.6. The van der Waals surface area contributed by atoms with Crippen LogP contribution in [0.1, 0.15) is 26.4 Å². The lowest BCUT2D eigenvalue weighted by molar-refractivity contribution is -0.137. The molecule has 2 aromatic rings. The van der Waals surface area contributed by atoms with E-state index in [2.05, 4.69) is 4.98 Å². The van der Waals surface area contributed by atoms with Gasteiger partial charge in [0.2, 0.25) is 0 Å². The van der Waals surface area contributed by atoms with Crippen molar-refractivity contribution < 1.29 is 31.5 Å². The maximum absolute atomic E-state index is 13.8. The number of nitrogens with two attached hydrogens (primary N) is 1. The molecular weight excluding hydrogens is 373 g/mol. The van der Waals surface area contributed by atoms with Gasteiger partial charge in [-0.05, 0) is 12.1 Å². The number of aromatic nitrogens is 1. The van der Waals surface area contributed by atoms with E-state index in [-0.39, 0.29) is 0 Å². The van der Waals surface area contributed by atoms with Crippen LogP contribution < -0.4 is 11.1 Å². The van der Waals surface area contributed by atoms with Crippen molar-refractivity contribution in [1.82, 2.24) is 4.98 Å². The monoisotopic (exact) mass is 379 g/mol. The number of nitrogens with zero attached hydrogens (tertiary/aromatic N) is 1. The van der Waals surface area contributed by atoms with Crippen molar-refractivity contribution in [3.63, 3.8) is 0 Å². The third-order valence-electron chi connectivity index (χ3n) is 2.94. The Kier molecular flexibility index (Phi) is 4.93. The summed E-state index contributed by atoms with van der Waals surface area (Å²) in [7, 11) is 0. The molecule has 1 aromatic heterocycles. The van der Waals surface area contributed by atoms with E-state index in [1.54, 1.807) is 0 Å². The molecule has 0 saturated heterocycles. The largest absolute Gasteiger partial charge is 0.417 e. The number of halogens is 6. The summed E-state index contributed by atoms with van der Waals surface area (Å²) >= 11 is 5.60. The number of benzene rings is 1. The first-order chi connectivity index (χ1) is 11.5. The van der Waals surface area contributed by atoms with E-state index < -0.39 is 57.2 Å². The number of nitrogens with one attached hydrogen (secondary N) is 1. The first-order valence-electron chi connectivity index (χ1n) is 6.33. The van der Waals surface area contributed by atoms with Crippen LogP contribution in [0.3, 0.4) is 0 Å². The van der Waals surface area contributed by atoms with Crippen molar-refractivity contribution in [2.24, 2.45) is 5.73 Å². The molecule has 11 heteroatoms. The first kappa shape index (κ1) is 18.6. The molecule has 132 valence electrons. The van der Waals surface area contributed by atoms with Crippen LogP contribution in [0.2, 0.25) is 5.02 Å². The van der Waals surface area contributed by atoms with Gasteiger partial charge < -0.3 is 11.1 Å². The van der Waals surface area contributed by atoms with E-state index in [1.807, 2.05) is 5.32 Å². The summed E-state index contributed by atoms with van der Waals surface area (Å²) in [5.74, 6) is -4.88. The van der Waals surface area contributed by atoms with Crippen molar-refractivity contribution in [2.75, 3.05) is 5.32 Å². The van der Waals surface area contributed by atoms with Crippen molar-refractivity contribution in [1.29, 1.82) is 0 Å². The number of carbonyl (C=O) groups is 2. The maximum atomic E-state index is 13.8. The van der Waals surface area contributed by atoms with Gasteiger partial charge in [0, 0.05) is 12.3 Å². The van der Waals surface area contributed by atoms with Crippen LogP contribution in [0.5, 0.6) is 0 Å². The quantitative estimate of drug-likeness (QED) is 0.802. The standard InChI is InChI=1S/C14H7ClF5N3O2/c15-8-1-5(14(18,19)20)4-22-11(8)13(25)23-10-7(12(21)24)2-6(16)3-9(10)17/h1-4H,(H2,21,24)(H,23,25). The number of primary amides is 1. The number of alkyl halides is 3. The van der Waals surface area contributed by atoms with Gasteiger partial charge in [-0.3, -0.25) is 9.59 Å². The molecule has 0 aliphatic heterocycles. The van der Waals surface area contributed by atoms with E-state index in [4.69, 9.17) is 17.3 Å². The second-order valence-electron chi connectivity index (χ2n) is 4.68. The lowest BCUT2D eigenvalue weighted by atomic mass is 10.1. The molecule has 0 aliphatic rings. The van der Waals surface area contributed by atoms with Crippen molar-refractivity contribution >= 4 is 29.1 Å². The fourth-order valence-electron chi connectivity index (χ4n) is 1.83. The van der Waals surface area contributed by atoms with Crippen LogP contribution >= 0.6 is 11.6 Å². The summed E-state index contributed by atoms with van der Waals surface area (Å²) in [6.07, 6.45) is -4.37. The molecule has 0 fully saturated rings. The minimum Gasteiger partial charge on any atom is -0.366 e. The van der Waals surface area contributed by atoms with Gasteiger partial charge in [-0.1, -0.05) is 11.6 Å². The predicted molar refractivity (Wildman–Crippen MR) is 77.1 cm³/mol. The van der Waals surface area contributed by atoms with Crippen LogP contribution in [0.4, 0.5) is 27.6 Å². The minimum absolute atomic E-state index is 0.358. The Labute approximate surface area is 141 Å². The second kappa shape index (κ2) is 6.63. The van der Waals surface area contributed by atoms with Crippen molar-refractivity contribution in [2.45, 2.75) is 6.18 Å². The first-order valence-corrected chi connectivity index (χ1v) is 6.71. The number of pyridine rings is 1. The van der Waals surface area contributed by atoms with Gasteiger partial charge in [-0.25, -0.2) is 13.8 Å². The van der Waals surface area contributed by atoms with Crippen LogP contribution in [-0.4, -0.2) is 16.8 Å². The Morgan fingerprint density at radius 3 is 2.32 bits per heavy atom. The molecule has 0 aliphatic carbocycles. The number of carbonyl (C=O) groups excluding carboxylic acids is 2. The fraction of sp³-hybridized carbons (Fsp3) is 0.0714. The molecule has 5 nitrogen and oxygen atoms in total. The van der Waals surface area contributed by atoms with E-state index >= 15 is 0 Å². The number of hydrogen-bond acceptors (Lipinski definition) is 3. The Hall–Kier alpha value is -2.75. The van der Waals surface area contributed by atoms with E-state index in [9.17, 15) is 31.5 Å². The minimum atomic E-state index is -4.73. The average molecular weight is 380 g/mol. The van der Waals surface area contributed by atoms with Crippen LogP contribution in [-0.2, 0) is 6.18 Å². The summed E-state index contributed by atoms with van der Waals surface area (Å²) in [5.41, 5.74) is 1.70. The zero-order chi connectivity index (χ0) is 18.9. The molecule has 0 radical (unpaired) electrons. The molecule has 0 atom stereocenters. The highest BCUT2D eigenvalue weighted by molar-refractivity contribution is 6.34. The second-order valence-corrected chi connectivity index (χ2v) is 5.09. The lowest BCUT2D eigenvalue weighted by Crippen LogP contribution is -2.21. The molecule has 3 N–H and O–H groups in total. The summed E-state index contributed by atoms with van der Waals surface area (Å²) in [6.45, 7) is 0. The van der Waals surface area contributed by atoms with Gasteiger partial charge in [-0.15, -0.1) is 0 Å². The number of rotatable bonds is 3. The third kappa shape index (κ3) is 4.02. The summed E-state index contributed by atoms with van der Waals surface area (Å²) in [4.78, 5) is 26.6. The molecule has 1 aromatic carbocycles. The predicted octanol–water partition coefficient (Wildman–Crippen LogP) is 3.38. The molecule has 0 saturated carbocycles. The van der Waals surface area contributed by atoms with Gasteiger partial charge >= 0.3 is 6.18 Å². The SMILES string of the molecule is NC(=O)c1cc(F)cc(F)c1NC(=O)c1ncc(C(F)(F)F)cc1Cl. The summed E-state index contributed by atoms with van der Waals surface area (Å²) in [6, 6.07) is 1.42. The Morgan fingerprint density at radius 2 is 1.80 bits per heavy atom. The van der Waals surface area contributed by atoms with Crippen molar-refractivity contribution in [3.8, 4) is 0 Å². The summed E-state index contributed by atoms with van der Waals surface area (Å²) in [5, 5.41) is 1.24. The zero-order valence-electron chi connectivity index (χ0n) is 11.9. The topological polar surface area (TPSA) is 85.1 Å². The maximum Gasteiger partial charge on any atom is 0.417 e. The number of hydrogen-bond donors (Lipinski definition) is 2. The van der Waals surface area contributed by atoms with Gasteiger partial charge in [0.15, 0.2) is 0 Å². The molecule has 1 heterocycles. The molecule has 0 spiro atoms. The van der Waals surface area contributed by atoms with Gasteiger partial charge in [0.05, 0.1) is 21.8 Å². The van der Waals surface area contributed by atoms with E-state index in [1.165, 1.54) is 0 Å². The molecule has 2 rings (SSSR count). The average Bonchev–Trinajstić information content (AvgIpc) is 2.48. The molecular formula is C14H7ClF5N3O2. The van der Waals surface area contributed by atoms with E-state index in [0.29, 0.717) is 24.4 Å². The fourth-order valence-corrected chi connectivity index (χ4v) is 2.08. The highest BCUT2D eigenvalue weighted by Crippen LogP contribution is 2.31. The highest BCUT2D eigenvalue weighted by atomic mass is 35.5. The highest BCUT2D eigenvalue weighted by Gasteiger charge is 2.32. The molecule has 2 amide bonds. The Balaban J connectivity index is 2.40. The third-order valence-corrected chi connectivity index (χ3v) is 3.23. The van der Waals surface area contributed by atoms with Crippen LogP contribution in [0.25, 0.3) is 0 Å². The smallest absolute Gasteiger partial charge is 0.366 e. The molecule has 25 heavy (non-hydrogen) atoms. The van der Waals surface area contributed by atoms with Gasteiger partial charge in [0.1, 0.15) is 17.3 Å². The van der Waals surface area contributed by atoms with Gasteiger partial charge in [0.25, 0.3) is 11.8 Å².